The van der Waals surface area contributed by atoms with Crippen LogP contribution >= 0.6 is 0 Å². The number of nitrogen functional groups attached to an aromatic ring is 2. The van der Waals surface area contributed by atoms with Crippen LogP contribution in [0.1, 0.15) is 105 Å². The number of ether oxygens (including phenoxy) is 4. The molecular formula is C39H52N2O7. The van der Waals surface area contributed by atoms with E-state index in [-0.39, 0.29) is 5.56 Å². The van der Waals surface area contributed by atoms with Crippen LogP contribution in [0.15, 0.2) is 60.7 Å². The van der Waals surface area contributed by atoms with Gasteiger partial charge in [-0.15, -0.1) is 0 Å². The van der Waals surface area contributed by atoms with E-state index in [1.54, 1.807) is 43.5 Å². The van der Waals surface area contributed by atoms with Crippen LogP contribution in [-0.2, 0) is 11.2 Å². The lowest BCUT2D eigenvalue weighted by molar-refractivity contribution is -0.128. The first-order chi connectivity index (χ1) is 23.3. The molecule has 5 N–H and O–H groups in total. The molecule has 3 rings (SSSR count). The Hall–Kier alpha value is -4.66. The van der Waals surface area contributed by atoms with E-state index in [4.69, 9.17) is 30.4 Å². The summed E-state index contributed by atoms with van der Waals surface area (Å²) in [6.45, 7) is 3.44. The minimum Gasteiger partial charge on any atom is -0.494 e. The Morgan fingerprint density at radius 3 is 2.02 bits per heavy atom. The number of carboxylic acids is 1. The molecule has 0 aromatic heterocycles. The molecule has 0 saturated heterocycles. The average molecular weight is 661 g/mol. The first kappa shape index (κ1) is 37.8. The Balaban J connectivity index is 1.27. The molecular weight excluding hydrogens is 608 g/mol. The minimum atomic E-state index is -0.988. The van der Waals surface area contributed by atoms with Crippen molar-refractivity contribution in [1.29, 1.82) is 0 Å². The molecule has 0 aliphatic rings. The highest BCUT2D eigenvalue weighted by Gasteiger charge is 2.14. The van der Waals surface area contributed by atoms with Gasteiger partial charge in [0, 0.05) is 17.5 Å². The van der Waals surface area contributed by atoms with E-state index in [0.29, 0.717) is 53.8 Å². The summed E-state index contributed by atoms with van der Waals surface area (Å²) in [6.07, 6.45) is 16.8. The van der Waals surface area contributed by atoms with Gasteiger partial charge in [-0.3, -0.25) is 0 Å². The van der Waals surface area contributed by atoms with Gasteiger partial charge in [-0.25, -0.2) is 9.59 Å². The number of unbranched alkanes of at least 4 members (excludes halogenated alkanes) is 10. The summed E-state index contributed by atoms with van der Waals surface area (Å²) in [5, 5.41) is 9.44. The molecule has 0 bridgehead atoms. The van der Waals surface area contributed by atoms with Gasteiger partial charge >= 0.3 is 11.9 Å². The molecule has 0 heterocycles. The second-order valence-electron chi connectivity index (χ2n) is 11.9. The van der Waals surface area contributed by atoms with E-state index in [1.165, 1.54) is 25.0 Å². The quantitative estimate of drug-likeness (QED) is 0.0299. The predicted molar refractivity (Wildman–Crippen MR) is 192 cm³/mol. The van der Waals surface area contributed by atoms with Crippen LogP contribution in [0.2, 0.25) is 0 Å². The van der Waals surface area contributed by atoms with Crippen molar-refractivity contribution in [3.05, 3.63) is 77.4 Å². The summed E-state index contributed by atoms with van der Waals surface area (Å²) in [6, 6.07) is 15.7. The number of methoxy groups -OCH3 is 1. The predicted octanol–water partition coefficient (Wildman–Crippen LogP) is 8.88. The van der Waals surface area contributed by atoms with Crippen molar-refractivity contribution in [2.24, 2.45) is 0 Å². The van der Waals surface area contributed by atoms with Gasteiger partial charge in [-0.2, -0.15) is 0 Å². The SMILES string of the molecule is CCCCCOc1ccc(OC(=O)/C=C/c2ccc(OCCCCCCCCCCCc3c(N)cc(N)cc3C(=O)O)c(OC)c2)cc1. The van der Waals surface area contributed by atoms with Crippen LogP contribution in [0.25, 0.3) is 6.08 Å². The fourth-order valence-corrected chi connectivity index (χ4v) is 5.38. The highest BCUT2D eigenvalue weighted by Crippen LogP contribution is 2.29. The fourth-order valence-electron chi connectivity index (χ4n) is 5.38. The number of nitrogens with two attached hydrogens (primary N) is 2. The summed E-state index contributed by atoms with van der Waals surface area (Å²) < 4.78 is 22.6. The summed E-state index contributed by atoms with van der Waals surface area (Å²) in [4.78, 5) is 23.9. The number of carbonyl (C=O) groups excluding carboxylic acids is 1. The van der Waals surface area contributed by atoms with Gasteiger partial charge in [0.1, 0.15) is 11.5 Å². The standard InChI is InChI=1S/C39H52N2O7/c1-3-4-13-24-46-31-18-20-32(21-19-31)48-38(42)23-17-29-16-22-36(37(26-29)45-2)47-25-14-11-9-7-5-6-8-10-12-15-33-34(39(43)44)27-30(40)28-35(33)41/h16-23,26-28H,3-15,24-25,40-41H2,1-2H3,(H,43,44)/b23-17+. The van der Waals surface area contributed by atoms with Gasteiger partial charge in [-0.05, 0) is 91.4 Å². The first-order valence-corrected chi connectivity index (χ1v) is 17.2. The molecule has 0 spiro atoms. The molecule has 9 heteroatoms. The summed E-state index contributed by atoms with van der Waals surface area (Å²) in [7, 11) is 1.60. The topological polar surface area (TPSA) is 143 Å². The lowest BCUT2D eigenvalue weighted by atomic mass is 9.98. The van der Waals surface area contributed by atoms with Gasteiger partial charge < -0.3 is 35.5 Å². The number of benzene rings is 3. The van der Waals surface area contributed by atoms with Crippen molar-refractivity contribution in [3.8, 4) is 23.0 Å². The summed E-state index contributed by atoms with van der Waals surface area (Å²) >= 11 is 0. The number of esters is 1. The highest BCUT2D eigenvalue weighted by molar-refractivity contribution is 5.92. The molecule has 48 heavy (non-hydrogen) atoms. The Labute approximate surface area is 285 Å². The number of aromatic carboxylic acids is 1. The molecule has 3 aromatic rings. The number of hydrogen-bond donors (Lipinski definition) is 3. The Morgan fingerprint density at radius 2 is 1.35 bits per heavy atom. The molecule has 260 valence electrons. The highest BCUT2D eigenvalue weighted by atomic mass is 16.5. The van der Waals surface area contributed by atoms with Crippen LogP contribution in [0.4, 0.5) is 11.4 Å². The first-order valence-electron chi connectivity index (χ1n) is 17.2. The third-order valence-corrected chi connectivity index (χ3v) is 8.02. The summed E-state index contributed by atoms with van der Waals surface area (Å²) in [5.74, 6) is 1.04. The van der Waals surface area contributed by atoms with E-state index in [1.807, 2.05) is 18.2 Å². The van der Waals surface area contributed by atoms with Crippen molar-refractivity contribution < 1.29 is 33.6 Å². The molecule has 0 aliphatic heterocycles. The van der Waals surface area contributed by atoms with Crippen molar-refractivity contribution >= 4 is 29.4 Å². The van der Waals surface area contributed by atoms with Crippen molar-refractivity contribution in [1.82, 2.24) is 0 Å². The third-order valence-electron chi connectivity index (χ3n) is 8.02. The number of anilines is 2. The number of carboxylic acid groups (broad SMARTS) is 1. The zero-order chi connectivity index (χ0) is 34.6. The van der Waals surface area contributed by atoms with E-state index < -0.39 is 11.9 Å². The monoisotopic (exact) mass is 660 g/mol. The molecule has 0 atom stereocenters. The molecule has 0 aliphatic carbocycles. The van der Waals surface area contributed by atoms with Crippen molar-refractivity contribution in [2.75, 3.05) is 31.8 Å². The Kier molecular flexibility index (Phi) is 16.7. The maximum Gasteiger partial charge on any atom is 0.336 e. The number of rotatable bonds is 23. The normalized spacial score (nSPS) is 11.0. The zero-order valence-corrected chi connectivity index (χ0v) is 28.5. The van der Waals surface area contributed by atoms with Gasteiger partial charge in [-0.1, -0.05) is 70.8 Å². The zero-order valence-electron chi connectivity index (χ0n) is 28.5. The van der Waals surface area contributed by atoms with Crippen molar-refractivity contribution in [3.63, 3.8) is 0 Å². The second-order valence-corrected chi connectivity index (χ2v) is 11.9. The summed E-state index contributed by atoms with van der Waals surface area (Å²) in [5.41, 5.74) is 14.3. The average Bonchev–Trinajstić information content (AvgIpc) is 3.07. The smallest absolute Gasteiger partial charge is 0.336 e. The Morgan fingerprint density at radius 1 is 0.729 bits per heavy atom. The maximum absolute atomic E-state index is 12.3. The van der Waals surface area contributed by atoms with E-state index >= 15 is 0 Å². The fraction of sp³-hybridized carbons (Fsp3) is 0.436. The van der Waals surface area contributed by atoms with E-state index in [0.717, 1.165) is 75.5 Å². The van der Waals surface area contributed by atoms with Crippen LogP contribution in [0.3, 0.4) is 0 Å². The van der Waals surface area contributed by atoms with Crippen LogP contribution in [0.5, 0.6) is 23.0 Å². The molecule has 0 fully saturated rings. The van der Waals surface area contributed by atoms with Crippen LogP contribution in [0, 0.1) is 0 Å². The van der Waals surface area contributed by atoms with Gasteiger partial charge in [0.25, 0.3) is 0 Å². The van der Waals surface area contributed by atoms with Gasteiger partial charge in [0.05, 0.1) is 25.9 Å². The molecule has 0 unspecified atom stereocenters. The van der Waals surface area contributed by atoms with Crippen LogP contribution < -0.4 is 30.4 Å². The third kappa shape index (κ3) is 13.6. The maximum atomic E-state index is 12.3. The largest absolute Gasteiger partial charge is 0.494 e. The number of hydrogen-bond acceptors (Lipinski definition) is 8. The van der Waals surface area contributed by atoms with Crippen LogP contribution in [-0.4, -0.2) is 37.4 Å². The lowest BCUT2D eigenvalue weighted by Gasteiger charge is -2.11. The van der Waals surface area contributed by atoms with Crippen molar-refractivity contribution in [2.45, 2.75) is 90.4 Å². The van der Waals surface area contributed by atoms with Gasteiger partial charge in [0.2, 0.25) is 0 Å². The molecule has 3 aromatic carbocycles. The molecule has 9 nitrogen and oxygen atoms in total. The molecule has 0 saturated carbocycles. The second kappa shape index (κ2) is 21.3. The minimum absolute atomic E-state index is 0.209. The molecule has 0 amide bonds. The van der Waals surface area contributed by atoms with E-state index in [2.05, 4.69) is 6.92 Å². The number of carbonyl (C=O) groups is 2. The molecule has 0 radical (unpaired) electrons. The van der Waals surface area contributed by atoms with E-state index in [9.17, 15) is 14.7 Å². The van der Waals surface area contributed by atoms with Gasteiger partial charge in [0.15, 0.2) is 11.5 Å². The lowest BCUT2D eigenvalue weighted by Crippen LogP contribution is -2.07. The Bertz CT molecular complexity index is 1450.